The number of thiazole rings is 1. The fraction of sp³-hybridized carbons (Fsp3) is 0.469. The third kappa shape index (κ3) is 5.60. The highest BCUT2D eigenvalue weighted by molar-refractivity contribution is 7.19. The Morgan fingerprint density at radius 1 is 1.18 bits per heavy atom. The van der Waals surface area contributed by atoms with Gasteiger partial charge in [0.05, 0.1) is 37.5 Å². The van der Waals surface area contributed by atoms with Crippen molar-refractivity contribution in [3.8, 4) is 5.75 Å². The van der Waals surface area contributed by atoms with Crippen molar-refractivity contribution in [1.82, 2.24) is 19.4 Å². The molecule has 0 bridgehead atoms. The molecule has 12 heteroatoms. The highest BCUT2D eigenvalue weighted by atomic mass is 35.5. The van der Waals surface area contributed by atoms with Crippen LogP contribution in [0.25, 0.3) is 10.5 Å². The zero-order chi connectivity index (χ0) is 30.4. The predicted molar refractivity (Wildman–Crippen MR) is 163 cm³/mol. The number of piperidine rings is 1. The van der Waals surface area contributed by atoms with Gasteiger partial charge in [-0.15, -0.1) is 0 Å². The van der Waals surface area contributed by atoms with Crippen molar-refractivity contribution in [1.29, 1.82) is 0 Å². The Bertz CT molecular complexity index is 1680. The first kappa shape index (κ1) is 29.6. The van der Waals surface area contributed by atoms with Gasteiger partial charge in [-0.05, 0) is 69.5 Å². The number of rotatable bonds is 8. The SMILES string of the molecule is CCOC(=O)c1nc2c(nc(CN3CCC(C4OC(C)(c5ccc(Cl)cc5F)Oc5ccccc54)CC3)n2C[C@@H]2CCO2)s1. The quantitative estimate of drug-likeness (QED) is 0.202. The third-order valence-corrected chi connectivity index (χ3v) is 9.90. The first-order valence-corrected chi connectivity index (χ1v) is 16.3. The summed E-state index contributed by atoms with van der Waals surface area (Å²) < 4.78 is 41.0. The van der Waals surface area contributed by atoms with E-state index in [4.69, 9.17) is 35.5 Å². The molecular formula is C32H34ClFN4O5S. The van der Waals surface area contributed by atoms with Gasteiger partial charge in [0.25, 0.3) is 0 Å². The van der Waals surface area contributed by atoms with Crippen LogP contribution in [0.5, 0.6) is 5.75 Å². The number of esters is 1. The molecule has 0 spiro atoms. The lowest BCUT2D eigenvalue weighted by atomic mass is 9.85. The van der Waals surface area contributed by atoms with Crippen LogP contribution < -0.4 is 4.74 Å². The average Bonchev–Trinajstić information content (AvgIpc) is 3.53. The van der Waals surface area contributed by atoms with E-state index >= 15 is 4.39 Å². The maximum atomic E-state index is 15.1. The number of ether oxygens (including phenoxy) is 4. The number of carbonyl (C=O) groups excluding carboxylic acids is 1. The first-order valence-electron chi connectivity index (χ1n) is 15.1. The van der Waals surface area contributed by atoms with Gasteiger partial charge in [-0.3, -0.25) is 4.90 Å². The Kier molecular flexibility index (Phi) is 8.09. The van der Waals surface area contributed by atoms with Crippen LogP contribution in [0, 0.1) is 11.7 Å². The monoisotopic (exact) mass is 640 g/mol. The molecule has 3 aliphatic rings. The molecule has 2 aromatic carbocycles. The van der Waals surface area contributed by atoms with E-state index in [-0.39, 0.29) is 18.1 Å². The zero-order valence-electron chi connectivity index (χ0n) is 24.6. The van der Waals surface area contributed by atoms with Crippen molar-refractivity contribution in [2.75, 3.05) is 26.3 Å². The van der Waals surface area contributed by atoms with Gasteiger partial charge in [-0.1, -0.05) is 41.1 Å². The van der Waals surface area contributed by atoms with E-state index in [0.29, 0.717) is 46.7 Å². The molecule has 2 saturated heterocycles. The fourth-order valence-electron chi connectivity index (χ4n) is 6.37. The maximum Gasteiger partial charge on any atom is 0.367 e. The van der Waals surface area contributed by atoms with E-state index in [1.54, 1.807) is 26.0 Å². The zero-order valence-corrected chi connectivity index (χ0v) is 26.2. The smallest absolute Gasteiger partial charge is 0.367 e. The molecule has 9 nitrogen and oxygen atoms in total. The molecule has 0 aliphatic carbocycles. The van der Waals surface area contributed by atoms with Crippen LogP contribution in [0.3, 0.4) is 0 Å². The molecule has 3 aliphatic heterocycles. The summed E-state index contributed by atoms with van der Waals surface area (Å²) in [4.78, 5) is 25.0. The highest BCUT2D eigenvalue weighted by Crippen LogP contribution is 2.49. The van der Waals surface area contributed by atoms with Crippen LogP contribution >= 0.6 is 22.9 Å². The van der Waals surface area contributed by atoms with Crippen LogP contribution in [-0.4, -0.2) is 57.8 Å². The van der Waals surface area contributed by atoms with Crippen molar-refractivity contribution >= 4 is 39.4 Å². The highest BCUT2D eigenvalue weighted by Gasteiger charge is 2.44. The normalized spacial score (nSPS) is 24.1. The number of hydrogen-bond acceptors (Lipinski definition) is 9. The number of benzene rings is 2. The van der Waals surface area contributed by atoms with Gasteiger partial charge in [0.2, 0.25) is 10.8 Å². The Morgan fingerprint density at radius 3 is 2.70 bits per heavy atom. The fourth-order valence-corrected chi connectivity index (χ4v) is 7.38. The van der Waals surface area contributed by atoms with Gasteiger partial charge in [-0.25, -0.2) is 19.2 Å². The number of aromatic nitrogens is 3. The van der Waals surface area contributed by atoms with Crippen molar-refractivity contribution < 1.29 is 28.1 Å². The summed E-state index contributed by atoms with van der Waals surface area (Å²) in [5, 5.41) is 0.646. The van der Waals surface area contributed by atoms with Gasteiger partial charge in [0, 0.05) is 24.1 Å². The molecule has 232 valence electrons. The lowest BCUT2D eigenvalue weighted by molar-refractivity contribution is -0.243. The minimum atomic E-state index is -1.29. The Hall–Kier alpha value is -3.09. The first-order chi connectivity index (χ1) is 21.3. The van der Waals surface area contributed by atoms with E-state index in [1.807, 2.05) is 24.3 Å². The number of likely N-dealkylation sites (tertiary alicyclic amines) is 1. The number of hydrogen-bond donors (Lipinski definition) is 0. The summed E-state index contributed by atoms with van der Waals surface area (Å²) in [6.45, 7) is 7.63. The lowest BCUT2D eigenvalue weighted by Gasteiger charge is -2.44. The summed E-state index contributed by atoms with van der Waals surface area (Å²) in [6, 6.07) is 12.5. The van der Waals surface area contributed by atoms with Gasteiger partial charge in [0.15, 0.2) is 10.5 Å². The lowest BCUT2D eigenvalue weighted by Crippen LogP contribution is -2.43. The topological polar surface area (TPSA) is 87.9 Å². The summed E-state index contributed by atoms with van der Waals surface area (Å²) >= 11 is 7.30. The van der Waals surface area contributed by atoms with Gasteiger partial charge in [0.1, 0.15) is 17.4 Å². The van der Waals surface area contributed by atoms with Gasteiger partial charge in [-0.2, -0.15) is 0 Å². The van der Waals surface area contributed by atoms with Crippen LogP contribution in [0.4, 0.5) is 4.39 Å². The second kappa shape index (κ2) is 12.0. The second-order valence-corrected chi connectivity index (χ2v) is 13.1. The molecule has 2 fully saturated rings. The molecule has 7 rings (SSSR count). The summed E-state index contributed by atoms with van der Waals surface area (Å²) in [5.41, 5.74) is 2.01. The minimum absolute atomic E-state index is 0.121. The summed E-state index contributed by atoms with van der Waals surface area (Å²) in [7, 11) is 0. The Balaban J connectivity index is 1.09. The molecule has 3 atom stereocenters. The van der Waals surface area contributed by atoms with E-state index in [2.05, 4.69) is 14.5 Å². The van der Waals surface area contributed by atoms with Crippen molar-refractivity contribution in [2.45, 2.75) is 64.2 Å². The number of imidazole rings is 1. The number of carbonyl (C=O) groups is 1. The van der Waals surface area contributed by atoms with E-state index in [9.17, 15) is 4.79 Å². The molecule has 4 aromatic rings. The Labute approximate surface area is 263 Å². The van der Waals surface area contributed by atoms with Gasteiger partial charge < -0.3 is 23.5 Å². The van der Waals surface area contributed by atoms with Crippen molar-refractivity contribution in [3.05, 3.63) is 75.3 Å². The Morgan fingerprint density at radius 2 is 1.98 bits per heavy atom. The molecule has 5 heterocycles. The predicted octanol–water partition coefficient (Wildman–Crippen LogP) is 6.49. The van der Waals surface area contributed by atoms with Crippen LogP contribution in [-0.2, 0) is 33.1 Å². The average molecular weight is 641 g/mol. The van der Waals surface area contributed by atoms with E-state index < -0.39 is 17.6 Å². The molecule has 0 amide bonds. The number of nitrogens with zero attached hydrogens (tertiary/aromatic N) is 4. The number of halogens is 2. The molecular weight excluding hydrogens is 607 g/mol. The third-order valence-electron chi connectivity index (χ3n) is 8.75. The van der Waals surface area contributed by atoms with Gasteiger partial charge >= 0.3 is 5.97 Å². The summed E-state index contributed by atoms with van der Waals surface area (Å²) in [6.07, 6.45) is 2.64. The second-order valence-electron chi connectivity index (χ2n) is 11.7. The minimum Gasteiger partial charge on any atom is -0.461 e. The van der Waals surface area contributed by atoms with E-state index in [1.165, 1.54) is 17.4 Å². The summed E-state index contributed by atoms with van der Waals surface area (Å²) in [5.74, 6) is -0.330. The van der Waals surface area contributed by atoms with Crippen LogP contribution in [0.1, 0.15) is 66.0 Å². The largest absolute Gasteiger partial charge is 0.461 e. The number of fused-ring (bicyclic) bond motifs is 2. The molecule has 2 aromatic heterocycles. The van der Waals surface area contributed by atoms with Crippen LogP contribution in [0.15, 0.2) is 42.5 Å². The number of para-hydroxylation sites is 1. The van der Waals surface area contributed by atoms with Crippen molar-refractivity contribution in [3.63, 3.8) is 0 Å². The van der Waals surface area contributed by atoms with Crippen LogP contribution in [0.2, 0.25) is 5.02 Å². The van der Waals surface area contributed by atoms with Crippen molar-refractivity contribution in [2.24, 2.45) is 5.92 Å². The molecule has 0 N–H and O–H groups in total. The molecule has 0 radical (unpaired) electrons. The molecule has 2 unspecified atom stereocenters. The molecule has 44 heavy (non-hydrogen) atoms. The molecule has 0 saturated carbocycles. The maximum absolute atomic E-state index is 15.1. The standard InChI is InChI=1S/C32H34ClFN4O5S/c1-3-40-31(39)30-36-28-29(44-30)35-26(38(28)17-21-12-15-41-21)18-37-13-10-19(11-14-37)27-22-6-4-5-7-25(22)42-32(2,43-27)23-9-8-20(33)16-24(23)34/h4-9,16,19,21,27H,3,10-15,17-18H2,1-2H3/t21-,27?,32?/m0/s1. The van der Waals surface area contributed by atoms with E-state index in [0.717, 1.165) is 55.2 Å².